The van der Waals surface area contributed by atoms with E-state index < -0.39 is 0 Å². The van der Waals surface area contributed by atoms with Crippen LogP contribution in [0, 0.1) is 11.7 Å². The van der Waals surface area contributed by atoms with Crippen LogP contribution in [0.15, 0.2) is 40.5 Å². The summed E-state index contributed by atoms with van der Waals surface area (Å²) in [5.41, 5.74) is 1.40. The lowest BCUT2D eigenvalue weighted by Crippen LogP contribution is -2.40. The number of hydrogen-bond acceptors (Lipinski definition) is 6. The van der Waals surface area contributed by atoms with Gasteiger partial charge in [-0.05, 0) is 42.0 Å². The van der Waals surface area contributed by atoms with Crippen LogP contribution in [0.4, 0.5) is 10.3 Å². The number of benzene rings is 1. The third-order valence-corrected chi connectivity index (χ3v) is 6.00. The van der Waals surface area contributed by atoms with Crippen LogP contribution in [0.1, 0.15) is 18.4 Å². The molecule has 28 heavy (non-hydrogen) atoms. The Morgan fingerprint density at radius 3 is 2.64 bits per heavy atom. The first kappa shape index (κ1) is 18.6. The predicted molar refractivity (Wildman–Crippen MR) is 106 cm³/mol. The largest absolute Gasteiger partial charge is 0.469 e. The molecule has 3 heterocycles. The first-order valence-electron chi connectivity index (χ1n) is 9.12. The number of anilines is 1. The normalized spacial score (nSPS) is 15.1. The quantitative estimate of drug-likeness (QED) is 0.629. The van der Waals surface area contributed by atoms with Gasteiger partial charge in [-0.25, -0.2) is 9.37 Å². The van der Waals surface area contributed by atoms with Crippen molar-refractivity contribution < 1.29 is 13.9 Å². The lowest BCUT2D eigenvalue weighted by Gasteiger charge is -2.32. The van der Waals surface area contributed by atoms with E-state index in [0.29, 0.717) is 48.6 Å². The Morgan fingerprint density at radius 2 is 1.96 bits per heavy atom. The molecule has 0 atom stereocenters. The lowest BCUT2D eigenvalue weighted by atomic mass is 9.97. The van der Waals surface area contributed by atoms with Gasteiger partial charge in [-0.15, -0.1) is 11.3 Å². The van der Waals surface area contributed by atoms with Gasteiger partial charge in [-0.2, -0.15) is 0 Å². The molecular weight excluding hydrogens is 381 g/mol. The fraction of sp³-hybridized carbons (Fsp3) is 0.350. The van der Waals surface area contributed by atoms with Crippen molar-refractivity contribution in [3.8, 4) is 0 Å². The minimum Gasteiger partial charge on any atom is -0.469 e. The summed E-state index contributed by atoms with van der Waals surface area (Å²) in [6.07, 6.45) is 1.31. The fourth-order valence-corrected chi connectivity index (χ4v) is 4.35. The van der Waals surface area contributed by atoms with Gasteiger partial charge < -0.3 is 9.64 Å². The number of halogens is 1. The van der Waals surface area contributed by atoms with E-state index in [2.05, 4.69) is 0 Å². The van der Waals surface area contributed by atoms with Gasteiger partial charge in [0.25, 0.3) is 5.56 Å². The summed E-state index contributed by atoms with van der Waals surface area (Å²) in [7, 11) is 1.40. The van der Waals surface area contributed by atoms with Crippen LogP contribution in [-0.2, 0) is 16.1 Å². The highest BCUT2D eigenvalue weighted by atomic mass is 32.1. The molecule has 0 saturated carbocycles. The maximum Gasteiger partial charge on any atom is 0.308 e. The molecule has 1 aliphatic heterocycles. The molecule has 2 aromatic heterocycles. The van der Waals surface area contributed by atoms with Crippen molar-refractivity contribution in [2.45, 2.75) is 19.4 Å². The first-order chi connectivity index (χ1) is 13.6. The topological polar surface area (TPSA) is 64.4 Å². The summed E-state index contributed by atoms with van der Waals surface area (Å²) < 4.78 is 20.3. The van der Waals surface area contributed by atoms with Crippen LogP contribution in [0.25, 0.3) is 10.2 Å². The maximum atomic E-state index is 13.2. The third kappa shape index (κ3) is 3.52. The van der Waals surface area contributed by atoms with Crippen molar-refractivity contribution in [3.05, 3.63) is 57.4 Å². The molecule has 1 fully saturated rings. The highest BCUT2D eigenvalue weighted by molar-refractivity contribution is 7.17. The van der Waals surface area contributed by atoms with E-state index in [1.807, 2.05) is 16.3 Å². The molecule has 1 aliphatic rings. The number of rotatable bonds is 4. The van der Waals surface area contributed by atoms with E-state index >= 15 is 0 Å². The number of carbonyl (C=O) groups is 1. The van der Waals surface area contributed by atoms with E-state index in [0.717, 1.165) is 5.56 Å². The molecule has 146 valence electrons. The average Bonchev–Trinajstić information content (AvgIpc) is 3.20. The van der Waals surface area contributed by atoms with E-state index in [9.17, 15) is 14.0 Å². The van der Waals surface area contributed by atoms with Crippen LogP contribution in [-0.4, -0.2) is 35.7 Å². The number of methoxy groups -OCH3 is 1. The van der Waals surface area contributed by atoms with E-state index in [-0.39, 0.29) is 23.3 Å². The molecule has 0 spiro atoms. The monoisotopic (exact) mass is 401 g/mol. The number of hydrogen-bond donors (Lipinski definition) is 0. The highest BCUT2D eigenvalue weighted by Crippen LogP contribution is 2.25. The first-order valence-corrected chi connectivity index (χ1v) is 10.00. The van der Waals surface area contributed by atoms with Gasteiger partial charge in [0.1, 0.15) is 10.5 Å². The Morgan fingerprint density at radius 1 is 1.25 bits per heavy atom. The number of nitrogens with zero attached hydrogens (tertiary/aromatic N) is 3. The Bertz CT molecular complexity index is 1050. The summed E-state index contributed by atoms with van der Waals surface area (Å²) >= 11 is 1.37. The molecule has 4 rings (SSSR count). The Kier molecular flexibility index (Phi) is 5.13. The molecule has 0 unspecified atom stereocenters. The van der Waals surface area contributed by atoms with E-state index in [1.165, 1.54) is 30.6 Å². The molecule has 8 heteroatoms. The second-order valence-corrected chi connectivity index (χ2v) is 7.77. The molecule has 3 aromatic rings. The summed E-state index contributed by atoms with van der Waals surface area (Å²) in [4.78, 5) is 31.7. The number of piperidine rings is 1. The Labute approximate surface area is 165 Å². The van der Waals surface area contributed by atoms with Gasteiger partial charge in [-0.1, -0.05) is 12.1 Å². The Hall–Kier alpha value is -2.74. The third-order valence-electron chi connectivity index (χ3n) is 5.11. The average molecular weight is 401 g/mol. The maximum absolute atomic E-state index is 13.2. The molecule has 0 N–H and O–H groups in total. The molecule has 1 aromatic carbocycles. The zero-order valence-corrected chi connectivity index (χ0v) is 16.2. The van der Waals surface area contributed by atoms with Gasteiger partial charge in [-0.3, -0.25) is 14.2 Å². The summed E-state index contributed by atoms with van der Waals surface area (Å²) in [5, 5.41) is 1.86. The molecule has 0 amide bonds. The minimum absolute atomic E-state index is 0.102. The second kappa shape index (κ2) is 7.71. The van der Waals surface area contributed by atoms with Crippen LogP contribution in [0.2, 0.25) is 0 Å². The summed E-state index contributed by atoms with van der Waals surface area (Å²) in [6.45, 7) is 1.54. The van der Waals surface area contributed by atoms with Gasteiger partial charge in [0.15, 0.2) is 0 Å². The predicted octanol–water partition coefficient (Wildman–Crippen LogP) is 3.03. The van der Waals surface area contributed by atoms with Gasteiger partial charge in [0, 0.05) is 13.1 Å². The van der Waals surface area contributed by atoms with Gasteiger partial charge in [0.05, 0.1) is 25.1 Å². The van der Waals surface area contributed by atoms with Crippen LogP contribution >= 0.6 is 11.3 Å². The van der Waals surface area contributed by atoms with Crippen molar-refractivity contribution in [2.75, 3.05) is 25.1 Å². The fourth-order valence-electron chi connectivity index (χ4n) is 3.57. The SMILES string of the molecule is COC(=O)C1CCN(c2nc3ccsc3c(=O)n2Cc2ccc(F)cc2)CC1. The Balaban J connectivity index is 1.69. The minimum atomic E-state index is -0.312. The van der Waals surface area contributed by atoms with Crippen LogP contribution in [0.5, 0.6) is 0 Å². The summed E-state index contributed by atoms with van der Waals surface area (Å²) in [5.74, 6) is -0.0374. The van der Waals surface area contributed by atoms with Crippen molar-refractivity contribution >= 4 is 33.5 Å². The van der Waals surface area contributed by atoms with E-state index in [4.69, 9.17) is 9.72 Å². The number of ether oxygens (including phenoxy) is 1. The van der Waals surface area contributed by atoms with E-state index in [1.54, 1.807) is 16.7 Å². The highest BCUT2D eigenvalue weighted by Gasteiger charge is 2.28. The zero-order chi connectivity index (χ0) is 19.7. The number of esters is 1. The van der Waals surface area contributed by atoms with Gasteiger partial charge >= 0.3 is 5.97 Å². The molecule has 0 bridgehead atoms. The van der Waals surface area contributed by atoms with Crippen LogP contribution < -0.4 is 10.5 Å². The van der Waals surface area contributed by atoms with Crippen molar-refractivity contribution in [1.29, 1.82) is 0 Å². The molecule has 0 radical (unpaired) electrons. The van der Waals surface area contributed by atoms with Crippen molar-refractivity contribution in [3.63, 3.8) is 0 Å². The number of aromatic nitrogens is 2. The lowest BCUT2D eigenvalue weighted by molar-refractivity contribution is -0.146. The summed E-state index contributed by atoms with van der Waals surface area (Å²) in [6, 6.07) is 7.97. The van der Waals surface area contributed by atoms with Gasteiger partial charge in [0.2, 0.25) is 5.95 Å². The smallest absolute Gasteiger partial charge is 0.308 e. The molecular formula is C20H20FN3O3S. The zero-order valence-electron chi connectivity index (χ0n) is 15.4. The van der Waals surface area contributed by atoms with Crippen molar-refractivity contribution in [1.82, 2.24) is 9.55 Å². The number of fused-ring (bicyclic) bond motifs is 1. The second-order valence-electron chi connectivity index (χ2n) is 6.85. The standard InChI is InChI=1S/C20H20FN3O3S/c1-27-19(26)14-6-9-23(10-7-14)20-22-16-8-11-28-17(16)18(25)24(20)12-13-2-4-15(21)5-3-13/h2-5,8,11,14H,6-7,9-10,12H2,1H3. The number of thiophene rings is 1. The van der Waals surface area contributed by atoms with Crippen molar-refractivity contribution in [2.24, 2.45) is 5.92 Å². The number of carbonyl (C=O) groups excluding carboxylic acids is 1. The molecule has 1 saturated heterocycles. The molecule has 6 nitrogen and oxygen atoms in total. The molecule has 0 aliphatic carbocycles. The van der Waals surface area contributed by atoms with Crippen LogP contribution in [0.3, 0.4) is 0 Å².